The Morgan fingerprint density at radius 2 is 1.80 bits per heavy atom. The van der Waals surface area contributed by atoms with Crippen LogP contribution in [0.5, 0.6) is 0 Å². The Labute approximate surface area is 152 Å². The van der Waals surface area contributed by atoms with Gasteiger partial charge in [0.2, 0.25) is 0 Å². The number of rotatable bonds is 4. The number of hydrogen-bond acceptors (Lipinski definition) is 4. The lowest BCUT2D eigenvalue weighted by Gasteiger charge is -2.15. The van der Waals surface area contributed by atoms with Gasteiger partial charge in [0.05, 0.1) is 6.54 Å². The van der Waals surface area contributed by atoms with Gasteiger partial charge in [-0.2, -0.15) is 0 Å². The molecule has 25 heavy (non-hydrogen) atoms. The number of pyridine rings is 1. The first kappa shape index (κ1) is 17.7. The minimum absolute atomic E-state index is 0. The maximum Gasteiger partial charge on any atom is 0.350 e. The highest BCUT2D eigenvalue weighted by Gasteiger charge is 2.30. The molecule has 1 aliphatic heterocycles. The number of nitrogens with two attached hydrogens (primary N) is 1. The van der Waals surface area contributed by atoms with E-state index in [0.29, 0.717) is 18.1 Å². The van der Waals surface area contributed by atoms with Crippen molar-refractivity contribution in [1.82, 2.24) is 19.1 Å². The lowest BCUT2D eigenvalue weighted by atomic mass is 9.95. The Kier molecular flexibility index (Phi) is 5.22. The van der Waals surface area contributed by atoms with Crippen molar-refractivity contribution in [3.63, 3.8) is 0 Å². The predicted octanol–water partition coefficient (Wildman–Crippen LogP) is 1.34. The van der Waals surface area contributed by atoms with Crippen molar-refractivity contribution in [2.75, 3.05) is 19.6 Å². The molecule has 1 fully saturated rings. The third-order valence-corrected chi connectivity index (χ3v) is 4.78. The molecule has 0 unspecified atom stereocenters. The molecular formula is C18H22ClN5O. The van der Waals surface area contributed by atoms with Gasteiger partial charge >= 0.3 is 5.69 Å². The average Bonchev–Trinajstić information content (AvgIpc) is 3.14. The molecule has 0 aliphatic carbocycles. The van der Waals surface area contributed by atoms with Gasteiger partial charge < -0.3 is 5.73 Å². The van der Waals surface area contributed by atoms with E-state index in [4.69, 9.17) is 5.73 Å². The average molecular weight is 360 g/mol. The number of fused-ring (bicyclic) bond motifs is 1. The van der Waals surface area contributed by atoms with Crippen molar-refractivity contribution >= 4 is 18.1 Å². The lowest BCUT2D eigenvalue weighted by Crippen LogP contribution is -2.32. The van der Waals surface area contributed by atoms with Crippen molar-refractivity contribution < 1.29 is 0 Å². The normalized spacial score (nSPS) is 20.7. The SMILES string of the molecule is Cl.N[C@@H]1CN(CCn2nc3ccccn3c2=O)C[C@H]1c1ccccc1. The van der Waals surface area contributed by atoms with Crippen molar-refractivity contribution in [3.8, 4) is 0 Å². The number of halogens is 1. The summed E-state index contributed by atoms with van der Waals surface area (Å²) < 4.78 is 3.11. The molecule has 132 valence electrons. The van der Waals surface area contributed by atoms with E-state index in [-0.39, 0.29) is 24.1 Å². The second-order valence-electron chi connectivity index (χ2n) is 6.38. The molecule has 6 nitrogen and oxygen atoms in total. The third-order valence-electron chi connectivity index (χ3n) is 4.78. The zero-order chi connectivity index (χ0) is 16.5. The number of nitrogens with zero attached hydrogens (tertiary/aromatic N) is 4. The summed E-state index contributed by atoms with van der Waals surface area (Å²) in [5.74, 6) is 0.351. The monoisotopic (exact) mass is 359 g/mol. The molecule has 3 heterocycles. The first-order chi connectivity index (χ1) is 11.7. The van der Waals surface area contributed by atoms with Crippen molar-refractivity contribution in [1.29, 1.82) is 0 Å². The highest BCUT2D eigenvalue weighted by atomic mass is 35.5. The van der Waals surface area contributed by atoms with Gasteiger partial charge in [0, 0.05) is 37.8 Å². The van der Waals surface area contributed by atoms with Gasteiger partial charge in [-0.15, -0.1) is 17.5 Å². The van der Waals surface area contributed by atoms with E-state index >= 15 is 0 Å². The molecule has 1 saturated heterocycles. The van der Waals surface area contributed by atoms with Crippen LogP contribution in [0, 0.1) is 0 Å². The zero-order valence-corrected chi connectivity index (χ0v) is 14.7. The molecule has 2 atom stereocenters. The van der Waals surface area contributed by atoms with E-state index in [1.807, 2.05) is 24.3 Å². The van der Waals surface area contributed by atoms with Crippen LogP contribution in [0.3, 0.4) is 0 Å². The van der Waals surface area contributed by atoms with Crippen LogP contribution in [0.25, 0.3) is 5.65 Å². The molecule has 0 radical (unpaired) electrons. The molecule has 0 bridgehead atoms. The van der Waals surface area contributed by atoms with Crippen LogP contribution >= 0.6 is 12.4 Å². The number of hydrogen-bond donors (Lipinski definition) is 1. The summed E-state index contributed by atoms with van der Waals surface area (Å²) in [5, 5.41) is 4.38. The van der Waals surface area contributed by atoms with Crippen LogP contribution in [-0.2, 0) is 6.54 Å². The Bertz CT molecular complexity index is 891. The molecule has 0 amide bonds. The Balaban J connectivity index is 0.00000182. The maximum atomic E-state index is 12.3. The molecule has 1 aromatic carbocycles. The van der Waals surface area contributed by atoms with Gasteiger partial charge in [-0.05, 0) is 17.7 Å². The van der Waals surface area contributed by atoms with Crippen molar-refractivity contribution in [2.45, 2.75) is 18.5 Å². The fraction of sp³-hybridized carbons (Fsp3) is 0.333. The van der Waals surface area contributed by atoms with Gasteiger partial charge in [-0.25, -0.2) is 9.48 Å². The summed E-state index contributed by atoms with van der Waals surface area (Å²) in [5.41, 5.74) is 8.21. The summed E-state index contributed by atoms with van der Waals surface area (Å²) in [6.45, 7) is 3.13. The second-order valence-corrected chi connectivity index (χ2v) is 6.38. The molecule has 4 rings (SSSR count). The quantitative estimate of drug-likeness (QED) is 0.763. The Morgan fingerprint density at radius 1 is 1.04 bits per heavy atom. The standard InChI is InChI=1S/C18H21N5O.ClH/c19-16-13-21(12-15(16)14-6-2-1-3-7-14)10-11-23-18(24)22-9-5-4-8-17(22)20-23;/h1-9,15-16H,10-13,19H2;1H/t15-,16+;/m0./s1. The summed E-state index contributed by atoms with van der Waals surface area (Å²) in [6.07, 6.45) is 1.75. The number of aromatic nitrogens is 3. The zero-order valence-electron chi connectivity index (χ0n) is 13.9. The van der Waals surface area contributed by atoms with E-state index in [0.717, 1.165) is 19.6 Å². The molecule has 2 N–H and O–H groups in total. The van der Waals surface area contributed by atoms with Gasteiger partial charge in [0.1, 0.15) is 0 Å². The van der Waals surface area contributed by atoms with Gasteiger partial charge in [0.15, 0.2) is 5.65 Å². The van der Waals surface area contributed by atoms with Crippen LogP contribution in [-0.4, -0.2) is 44.8 Å². The van der Waals surface area contributed by atoms with E-state index in [1.165, 1.54) is 10.2 Å². The lowest BCUT2D eigenvalue weighted by molar-refractivity contribution is 0.307. The molecule has 2 aromatic heterocycles. The first-order valence-electron chi connectivity index (χ1n) is 8.29. The minimum Gasteiger partial charge on any atom is -0.326 e. The highest BCUT2D eigenvalue weighted by Crippen LogP contribution is 2.25. The first-order valence-corrected chi connectivity index (χ1v) is 8.29. The molecule has 0 spiro atoms. The van der Waals surface area contributed by atoms with Crippen LogP contribution in [0.1, 0.15) is 11.5 Å². The Hall–Kier alpha value is -2.15. The van der Waals surface area contributed by atoms with E-state index < -0.39 is 0 Å². The van der Waals surface area contributed by atoms with E-state index in [2.05, 4.69) is 34.3 Å². The van der Waals surface area contributed by atoms with Crippen molar-refractivity contribution in [3.05, 3.63) is 70.8 Å². The van der Waals surface area contributed by atoms with Gasteiger partial charge in [-0.1, -0.05) is 36.4 Å². The molecule has 3 aromatic rings. The minimum atomic E-state index is -0.0892. The van der Waals surface area contributed by atoms with E-state index in [9.17, 15) is 4.79 Å². The van der Waals surface area contributed by atoms with Crippen LogP contribution in [0.15, 0.2) is 59.5 Å². The maximum absolute atomic E-state index is 12.3. The third kappa shape index (κ3) is 3.46. The smallest absolute Gasteiger partial charge is 0.326 e. The molecular weight excluding hydrogens is 338 g/mol. The fourth-order valence-corrected chi connectivity index (χ4v) is 3.50. The molecule has 7 heteroatoms. The van der Waals surface area contributed by atoms with Crippen molar-refractivity contribution in [2.24, 2.45) is 5.73 Å². The van der Waals surface area contributed by atoms with Crippen LogP contribution in [0.4, 0.5) is 0 Å². The van der Waals surface area contributed by atoms with Gasteiger partial charge in [0.25, 0.3) is 0 Å². The topological polar surface area (TPSA) is 68.6 Å². The fourth-order valence-electron chi connectivity index (χ4n) is 3.50. The van der Waals surface area contributed by atoms with Crippen LogP contribution < -0.4 is 11.4 Å². The largest absolute Gasteiger partial charge is 0.350 e. The summed E-state index contributed by atoms with van der Waals surface area (Å²) in [6, 6.07) is 16.1. The van der Waals surface area contributed by atoms with Crippen LogP contribution in [0.2, 0.25) is 0 Å². The number of likely N-dealkylation sites (tertiary alicyclic amines) is 1. The predicted molar refractivity (Wildman–Crippen MR) is 100 cm³/mol. The summed E-state index contributed by atoms with van der Waals surface area (Å²) >= 11 is 0. The van der Waals surface area contributed by atoms with Gasteiger partial charge in [-0.3, -0.25) is 9.30 Å². The van der Waals surface area contributed by atoms with E-state index in [1.54, 1.807) is 10.6 Å². The summed E-state index contributed by atoms with van der Waals surface area (Å²) in [7, 11) is 0. The second kappa shape index (κ2) is 7.39. The Morgan fingerprint density at radius 3 is 2.56 bits per heavy atom. The summed E-state index contributed by atoms with van der Waals surface area (Å²) in [4.78, 5) is 14.6. The number of benzene rings is 1. The molecule has 1 aliphatic rings. The highest BCUT2D eigenvalue weighted by molar-refractivity contribution is 5.85. The molecule has 0 saturated carbocycles.